The summed E-state index contributed by atoms with van der Waals surface area (Å²) < 4.78 is 46.4. The van der Waals surface area contributed by atoms with Gasteiger partial charge in [-0.25, -0.2) is 9.78 Å². The largest absolute Gasteiger partial charge is 0.490 e. The van der Waals surface area contributed by atoms with E-state index in [9.17, 15) is 37.8 Å². The lowest BCUT2D eigenvalue weighted by Gasteiger charge is -2.34. The maximum absolute atomic E-state index is 13.1. The van der Waals surface area contributed by atoms with Crippen LogP contribution in [0, 0.1) is 36.5 Å². The maximum Gasteiger partial charge on any atom is 0.490 e. The van der Waals surface area contributed by atoms with E-state index in [1.165, 1.54) is 39.0 Å². The number of rotatable bonds is 14. The summed E-state index contributed by atoms with van der Waals surface area (Å²) >= 11 is 1.46. The van der Waals surface area contributed by atoms with Crippen LogP contribution < -0.4 is 0 Å². The SMILES string of the molecule is C#CC[C@H](OC(=O)C[C@H](O)C(C)(C)C(=O)[C@H](C)[C@@H](O)[C@@H](C)CCOC(=O)C(F)(F)F)/C(C)=C/c1csc(C)n1. The van der Waals surface area contributed by atoms with Gasteiger partial charge in [0.05, 0.1) is 41.4 Å². The minimum absolute atomic E-state index is 0.0923. The number of esters is 2. The normalized spacial score (nSPS) is 16.4. The number of carbonyl (C=O) groups excluding carboxylic acids is 3. The number of terminal acetylenes is 1. The van der Waals surface area contributed by atoms with Crippen LogP contribution >= 0.6 is 11.3 Å². The summed E-state index contributed by atoms with van der Waals surface area (Å²) in [5.74, 6) is -2.98. The van der Waals surface area contributed by atoms with Crippen LogP contribution in [0.5, 0.6) is 0 Å². The zero-order valence-electron chi connectivity index (χ0n) is 22.9. The van der Waals surface area contributed by atoms with Crippen molar-refractivity contribution in [2.45, 2.75) is 85.3 Å². The van der Waals surface area contributed by atoms with Crippen LogP contribution in [-0.4, -0.2) is 64.0 Å². The standard InChI is InChI=1S/C27H36F3NO7S/c1-8-9-20(16(3)12-19-14-39-18(5)31-19)38-22(33)13-21(32)26(6,7)24(35)17(4)23(34)15(2)10-11-37-25(36)27(28,29)30/h1,12,14-15,17,20-21,23,32,34H,9-11,13H2,2-7H3/b16-12+/t15-,17+,20-,21-,23-/m0/s1. The van der Waals surface area contributed by atoms with E-state index in [1.807, 2.05) is 12.3 Å². The van der Waals surface area contributed by atoms with Crippen molar-refractivity contribution < 1.29 is 47.2 Å². The van der Waals surface area contributed by atoms with E-state index in [-0.39, 0.29) is 12.8 Å². The molecular weight excluding hydrogens is 539 g/mol. The van der Waals surface area contributed by atoms with Gasteiger partial charge in [-0.15, -0.1) is 23.7 Å². The Hall–Kier alpha value is -2.75. The van der Waals surface area contributed by atoms with Crippen molar-refractivity contribution >= 4 is 35.1 Å². The molecule has 0 aliphatic rings. The molecule has 0 saturated carbocycles. The van der Waals surface area contributed by atoms with E-state index < -0.39 is 72.5 Å². The van der Waals surface area contributed by atoms with Crippen molar-refractivity contribution in [3.63, 3.8) is 0 Å². The van der Waals surface area contributed by atoms with Gasteiger partial charge in [0.2, 0.25) is 0 Å². The van der Waals surface area contributed by atoms with Crippen molar-refractivity contribution in [3.05, 3.63) is 21.7 Å². The van der Waals surface area contributed by atoms with E-state index in [2.05, 4.69) is 15.6 Å². The van der Waals surface area contributed by atoms with Crippen molar-refractivity contribution in [1.82, 2.24) is 4.98 Å². The second kappa shape index (κ2) is 14.6. The molecule has 0 unspecified atom stereocenters. The summed E-state index contributed by atoms with van der Waals surface area (Å²) in [7, 11) is 0. The number of ketones is 1. The van der Waals surface area contributed by atoms with Gasteiger partial charge in [0.25, 0.3) is 0 Å². The second-order valence-corrected chi connectivity index (χ2v) is 11.1. The van der Waals surface area contributed by atoms with Crippen molar-refractivity contribution in [2.75, 3.05) is 6.61 Å². The Bertz CT molecular complexity index is 1070. The highest BCUT2D eigenvalue weighted by Crippen LogP contribution is 2.32. The zero-order chi connectivity index (χ0) is 30.1. The quantitative estimate of drug-likeness (QED) is 0.249. The topological polar surface area (TPSA) is 123 Å². The summed E-state index contributed by atoms with van der Waals surface area (Å²) in [5, 5.41) is 24.1. The highest BCUT2D eigenvalue weighted by Gasteiger charge is 2.43. The molecule has 0 bridgehead atoms. The molecule has 0 aromatic carbocycles. The second-order valence-electron chi connectivity index (χ2n) is 10.1. The number of hydrogen-bond donors (Lipinski definition) is 2. The third-order valence-corrected chi connectivity index (χ3v) is 7.26. The van der Waals surface area contributed by atoms with Gasteiger partial charge in [0.1, 0.15) is 11.9 Å². The molecule has 8 nitrogen and oxygen atoms in total. The number of aromatic nitrogens is 1. The van der Waals surface area contributed by atoms with Gasteiger partial charge in [-0.1, -0.05) is 27.7 Å². The van der Waals surface area contributed by atoms with E-state index in [1.54, 1.807) is 13.0 Å². The predicted octanol–water partition coefficient (Wildman–Crippen LogP) is 4.26. The monoisotopic (exact) mass is 575 g/mol. The molecule has 1 rings (SSSR count). The van der Waals surface area contributed by atoms with Gasteiger partial charge >= 0.3 is 18.1 Å². The van der Waals surface area contributed by atoms with Crippen LogP contribution in [0.1, 0.15) is 64.6 Å². The fraction of sp³-hybridized carbons (Fsp3) is 0.630. The summed E-state index contributed by atoms with van der Waals surface area (Å²) in [6.45, 7) is 8.74. The Morgan fingerprint density at radius 2 is 1.85 bits per heavy atom. The first-order chi connectivity index (χ1) is 17.9. The smallest absolute Gasteiger partial charge is 0.459 e. The Kier molecular flexibility index (Phi) is 12.8. The van der Waals surface area contributed by atoms with Crippen molar-refractivity contribution in [1.29, 1.82) is 0 Å². The molecule has 0 spiro atoms. The molecule has 12 heteroatoms. The first-order valence-corrected chi connectivity index (χ1v) is 13.2. The molecular formula is C27H36F3NO7S. The predicted molar refractivity (Wildman–Crippen MR) is 139 cm³/mol. The van der Waals surface area contributed by atoms with Crippen LogP contribution in [0.25, 0.3) is 6.08 Å². The molecule has 1 aromatic rings. The molecule has 218 valence electrons. The molecule has 0 saturated heterocycles. The number of carbonyl (C=O) groups is 3. The fourth-order valence-electron chi connectivity index (χ4n) is 3.78. The Labute approximate surface area is 230 Å². The number of hydrogen-bond acceptors (Lipinski definition) is 9. The average molecular weight is 576 g/mol. The molecule has 0 radical (unpaired) electrons. The van der Waals surface area contributed by atoms with Gasteiger partial charge < -0.3 is 19.7 Å². The lowest BCUT2D eigenvalue weighted by Crippen LogP contribution is -2.45. The van der Waals surface area contributed by atoms with Gasteiger partial charge in [-0.2, -0.15) is 13.2 Å². The van der Waals surface area contributed by atoms with E-state index in [0.717, 1.165) is 5.01 Å². The van der Waals surface area contributed by atoms with E-state index in [0.29, 0.717) is 11.3 Å². The molecule has 39 heavy (non-hydrogen) atoms. The summed E-state index contributed by atoms with van der Waals surface area (Å²) in [5.41, 5.74) is -0.129. The Morgan fingerprint density at radius 3 is 2.36 bits per heavy atom. The van der Waals surface area contributed by atoms with Gasteiger partial charge in [-0.05, 0) is 37.8 Å². The molecule has 1 aromatic heterocycles. The number of aryl methyl sites for hydroxylation is 1. The summed E-state index contributed by atoms with van der Waals surface area (Å²) in [6, 6.07) is 0. The molecule has 0 fully saturated rings. The fourth-order valence-corrected chi connectivity index (χ4v) is 4.35. The third-order valence-electron chi connectivity index (χ3n) is 6.47. The number of thiazole rings is 1. The van der Waals surface area contributed by atoms with Gasteiger partial charge in [-0.3, -0.25) is 9.59 Å². The first kappa shape index (κ1) is 34.3. The van der Waals surface area contributed by atoms with Crippen LogP contribution in [0.3, 0.4) is 0 Å². The molecule has 0 aliphatic carbocycles. The number of ether oxygens (including phenoxy) is 2. The van der Waals surface area contributed by atoms with E-state index >= 15 is 0 Å². The summed E-state index contributed by atoms with van der Waals surface area (Å²) in [6.07, 6.45) is -2.03. The number of nitrogens with zero attached hydrogens (tertiary/aromatic N) is 1. The number of Topliss-reactive ketones (excluding diaryl/α,β-unsaturated/α-hetero) is 1. The van der Waals surface area contributed by atoms with Crippen LogP contribution in [0.2, 0.25) is 0 Å². The number of aliphatic hydroxyl groups is 2. The first-order valence-electron chi connectivity index (χ1n) is 12.3. The lowest BCUT2D eigenvalue weighted by molar-refractivity contribution is -0.200. The Balaban J connectivity index is 2.78. The highest BCUT2D eigenvalue weighted by molar-refractivity contribution is 7.09. The van der Waals surface area contributed by atoms with E-state index in [4.69, 9.17) is 11.2 Å². The Morgan fingerprint density at radius 1 is 1.23 bits per heavy atom. The number of aliphatic hydroxyl groups excluding tert-OH is 2. The van der Waals surface area contributed by atoms with Crippen LogP contribution in [-0.2, 0) is 23.9 Å². The molecule has 0 amide bonds. The summed E-state index contributed by atoms with van der Waals surface area (Å²) in [4.78, 5) is 41.0. The zero-order valence-corrected chi connectivity index (χ0v) is 23.7. The molecule has 1 heterocycles. The lowest BCUT2D eigenvalue weighted by atomic mass is 9.73. The third kappa shape index (κ3) is 10.4. The minimum Gasteiger partial charge on any atom is -0.459 e. The van der Waals surface area contributed by atoms with Crippen LogP contribution in [0.15, 0.2) is 11.0 Å². The maximum atomic E-state index is 13.1. The molecule has 2 N–H and O–H groups in total. The average Bonchev–Trinajstić information content (AvgIpc) is 3.25. The number of alkyl halides is 3. The highest BCUT2D eigenvalue weighted by atomic mass is 32.1. The van der Waals surface area contributed by atoms with Crippen LogP contribution in [0.4, 0.5) is 13.2 Å². The van der Waals surface area contributed by atoms with Crippen molar-refractivity contribution in [3.8, 4) is 12.3 Å². The number of halogens is 3. The van der Waals surface area contributed by atoms with Crippen molar-refractivity contribution in [2.24, 2.45) is 17.3 Å². The molecule has 0 aliphatic heterocycles. The minimum atomic E-state index is -5.12. The van der Waals surface area contributed by atoms with Gasteiger partial charge in [0.15, 0.2) is 0 Å². The van der Waals surface area contributed by atoms with Gasteiger partial charge in [0, 0.05) is 17.7 Å². The molecule has 5 atom stereocenters.